The number of hydrogen-bond donors (Lipinski definition) is 1. The minimum Gasteiger partial charge on any atom is -0.473 e. The number of halogens is 1. The summed E-state index contributed by atoms with van der Waals surface area (Å²) in [5.74, 6) is 6.20. The van der Waals surface area contributed by atoms with Crippen LogP contribution in [0.25, 0.3) is 11.3 Å². The Bertz CT molecular complexity index is 879. The number of aromatic nitrogens is 1. The van der Waals surface area contributed by atoms with Gasteiger partial charge in [0.15, 0.2) is 0 Å². The van der Waals surface area contributed by atoms with Gasteiger partial charge in [0.05, 0.1) is 11.4 Å². The number of nitrogens with two attached hydrogens (primary N) is 1. The Labute approximate surface area is 153 Å². The number of benzene rings is 2. The number of aryl methyl sites for hydroxylation is 1. The minimum atomic E-state index is -0.268. The summed E-state index contributed by atoms with van der Waals surface area (Å²) in [6.07, 6.45) is 0.892. The fourth-order valence-electron chi connectivity index (χ4n) is 2.87. The van der Waals surface area contributed by atoms with Gasteiger partial charge in [-0.05, 0) is 48.4 Å². The zero-order valence-corrected chi connectivity index (χ0v) is 14.9. The Balaban J connectivity index is 1.83. The maximum absolute atomic E-state index is 13.1. The highest BCUT2D eigenvalue weighted by molar-refractivity contribution is 5.59. The third kappa shape index (κ3) is 4.00. The van der Waals surface area contributed by atoms with E-state index in [0.29, 0.717) is 12.5 Å². The lowest BCUT2D eigenvalue weighted by Crippen LogP contribution is -2.27. The van der Waals surface area contributed by atoms with Crippen LogP contribution in [0.15, 0.2) is 60.7 Å². The summed E-state index contributed by atoms with van der Waals surface area (Å²) in [5, 5.41) is 1.60. The van der Waals surface area contributed by atoms with E-state index in [-0.39, 0.29) is 5.82 Å². The highest BCUT2D eigenvalue weighted by Gasteiger charge is 2.11. The number of anilines is 1. The first-order chi connectivity index (χ1) is 12.6. The van der Waals surface area contributed by atoms with E-state index in [2.05, 4.69) is 18.0 Å². The number of nitrogens with zero attached hydrogens (tertiary/aromatic N) is 2. The summed E-state index contributed by atoms with van der Waals surface area (Å²) in [6.45, 7) is 2.48. The molecule has 0 aliphatic heterocycles. The number of ether oxygens (including phenoxy) is 1. The van der Waals surface area contributed by atoms with Gasteiger partial charge in [-0.25, -0.2) is 15.2 Å². The third-order valence-electron chi connectivity index (χ3n) is 4.24. The molecule has 1 heterocycles. The van der Waals surface area contributed by atoms with E-state index in [1.807, 2.05) is 37.4 Å². The highest BCUT2D eigenvalue weighted by atomic mass is 19.1. The van der Waals surface area contributed by atoms with Crippen molar-refractivity contribution in [2.45, 2.75) is 20.0 Å². The molecule has 0 spiro atoms. The van der Waals surface area contributed by atoms with Crippen molar-refractivity contribution in [3.05, 3.63) is 77.6 Å². The Kier molecular flexibility index (Phi) is 5.49. The second-order valence-electron chi connectivity index (χ2n) is 6.04. The lowest BCUT2D eigenvalue weighted by Gasteiger charge is -2.20. The standard InChI is InChI=1S/C21H22FN3O/c1-3-15-6-4-8-20(25(2)23)18(15)14-26-21-9-5-7-19(24-21)16-10-12-17(22)13-11-16/h4-13H,3,14,23H2,1-2H3. The van der Waals surface area contributed by atoms with E-state index in [4.69, 9.17) is 10.6 Å². The van der Waals surface area contributed by atoms with Crippen LogP contribution in [0.1, 0.15) is 18.1 Å². The molecule has 0 amide bonds. The van der Waals surface area contributed by atoms with Gasteiger partial charge in [-0.3, -0.25) is 0 Å². The zero-order valence-electron chi connectivity index (χ0n) is 14.9. The van der Waals surface area contributed by atoms with E-state index in [1.54, 1.807) is 17.1 Å². The molecule has 0 saturated heterocycles. The first kappa shape index (κ1) is 17.9. The monoisotopic (exact) mass is 351 g/mol. The zero-order chi connectivity index (χ0) is 18.5. The molecule has 1 aromatic heterocycles. The van der Waals surface area contributed by atoms with E-state index in [9.17, 15) is 4.39 Å². The molecule has 0 atom stereocenters. The number of hydrazine groups is 1. The maximum Gasteiger partial charge on any atom is 0.214 e. The van der Waals surface area contributed by atoms with Gasteiger partial charge in [0, 0.05) is 24.2 Å². The molecule has 2 aromatic carbocycles. The second-order valence-corrected chi connectivity index (χ2v) is 6.04. The molecule has 0 unspecified atom stereocenters. The van der Waals surface area contributed by atoms with Crippen molar-refractivity contribution in [3.8, 4) is 17.1 Å². The Morgan fingerprint density at radius 3 is 2.46 bits per heavy atom. The van der Waals surface area contributed by atoms with Crippen molar-refractivity contribution in [3.63, 3.8) is 0 Å². The fraction of sp³-hybridized carbons (Fsp3) is 0.190. The summed E-state index contributed by atoms with van der Waals surface area (Å²) >= 11 is 0. The summed E-state index contributed by atoms with van der Waals surface area (Å²) in [5.41, 5.74) is 4.75. The van der Waals surface area contributed by atoms with Gasteiger partial charge in [0.1, 0.15) is 12.4 Å². The number of rotatable bonds is 6. The third-order valence-corrected chi connectivity index (χ3v) is 4.24. The van der Waals surface area contributed by atoms with Crippen LogP contribution in [0, 0.1) is 5.82 Å². The van der Waals surface area contributed by atoms with Crippen LogP contribution in [0.3, 0.4) is 0 Å². The average molecular weight is 351 g/mol. The molecule has 3 rings (SSSR count). The number of pyridine rings is 1. The summed E-state index contributed by atoms with van der Waals surface area (Å²) < 4.78 is 19.0. The highest BCUT2D eigenvalue weighted by Crippen LogP contribution is 2.25. The van der Waals surface area contributed by atoms with Gasteiger partial charge in [-0.1, -0.05) is 25.1 Å². The largest absolute Gasteiger partial charge is 0.473 e. The van der Waals surface area contributed by atoms with Crippen LogP contribution in [0.2, 0.25) is 0 Å². The van der Waals surface area contributed by atoms with Gasteiger partial charge < -0.3 is 9.75 Å². The van der Waals surface area contributed by atoms with Crippen LogP contribution in [-0.2, 0) is 13.0 Å². The molecule has 2 N–H and O–H groups in total. The molecule has 0 saturated carbocycles. The normalized spacial score (nSPS) is 10.6. The lowest BCUT2D eigenvalue weighted by molar-refractivity contribution is 0.293. The van der Waals surface area contributed by atoms with Crippen molar-refractivity contribution in [1.29, 1.82) is 0 Å². The fourth-order valence-corrected chi connectivity index (χ4v) is 2.87. The molecule has 0 bridgehead atoms. The van der Waals surface area contributed by atoms with Crippen LogP contribution in [0.5, 0.6) is 5.88 Å². The van der Waals surface area contributed by atoms with E-state index >= 15 is 0 Å². The van der Waals surface area contributed by atoms with Crippen LogP contribution >= 0.6 is 0 Å². The van der Waals surface area contributed by atoms with E-state index in [0.717, 1.165) is 28.9 Å². The van der Waals surface area contributed by atoms with Gasteiger partial charge in [0.25, 0.3) is 0 Å². The van der Waals surface area contributed by atoms with Crippen LogP contribution < -0.4 is 15.6 Å². The summed E-state index contributed by atoms with van der Waals surface area (Å²) in [6, 6.07) is 17.9. The number of hydrogen-bond acceptors (Lipinski definition) is 4. The van der Waals surface area contributed by atoms with E-state index in [1.165, 1.54) is 17.7 Å². The Morgan fingerprint density at radius 2 is 1.77 bits per heavy atom. The molecule has 3 aromatic rings. The predicted molar refractivity (Wildman–Crippen MR) is 102 cm³/mol. The maximum atomic E-state index is 13.1. The van der Waals surface area contributed by atoms with Gasteiger partial charge in [0.2, 0.25) is 5.88 Å². The van der Waals surface area contributed by atoms with Crippen molar-refractivity contribution in [1.82, 2.24) is 4.98 Å². The first-order valence-electron chi connectivity index (χ1n) is 8.53. The molecule has 5 heteroatoms. The lowest BCUT2D eigenvalue weighted by atomic mass is 10.0. The van der Waals surface area contributed by atoms with Crippen molar-refractivity contribution < 1.29 is 9.13 Å². The molecule has 134 valence electrons. The molecule has 0 aliphatic rings. The first-order valence-corrected chi connectivity index (χ1v) is 8.53. The molecule has 4 nitrogen and oxygen atoms in total. The molecular formula is C21H22FN3O. The molecule has 0 fully saturated rings. The summed E-state index contributed by atoms with van der Waals surface area (Å²) in [7, 11) is 1.81. The quantitative estimate of drug-likeness (QED) is 0.530. The molecule has 0 aliphatic carbocycles. The SMILES string of the molecule is CCc1cccc(N(C)N)c1COc1cccc(-c2ccc(F)cc2)n1. The van der Waals surface area contributed by atoms with Gasteiger partial charge >= 0.3 is 0 Å². The molecular weight excluding hydrogens is 329 g/mol. The Hall–Kier alpha value is -2.92. The van der Waals surface area contributed by atoms with Crippen molar-refractivity contribution >= 4 is 5.69 Å². The van der Waals surface area contributed by atoms with Crippen LogP contribution in [-0.4, -0.2) is 12.0 Å². The van der Waals surface area contributed by atoms with Crippen LogP contribution in [0.4, 0.5) is 10.1 Å². The smallest absolute Gasteiger partial charge is 0.214 e. The molecule has 26 heavy (non-hydrogen) atoms. The van der Waals surface area contributed by atoms with Gasteiger partial charge in [-0.15, -0.1) is 0 Å². The average Bonchev–Trinajstić information content (AvgIpc) is 2.66. The van der Waals surface area contributed by atoms with Crippen molar-refractivity contribution in [2.75, 3.05) is 12.1 Å². The molecule has 0 radical (unpaired) electrons. The Morgan fingerprint density at radius 1 is 1.04 bits per heavy atom. The summed E-state index contributed by atoms with van der Waals surface area (Å²) in [4.78, 5) is 4.53. The minimum absolute atomic E-state index is 0.268. The van der Waals surface area contributed by atoms with Crippen molar-refractivity contribution in [2.24, 2.45) is 5.84 Å². The van der Waals surface area contributed by atoms with Gasteiger partial charge in [-0.2, -0.15) is 0 Å². The topological polar surface area (TPSA) is 51.4 Å². The second kappa shape index (κ2) is 7.97. The predicted octanol–water partition coefficient (Wildman–Crippen LogP) is 4.34. The van der Waals surface area contributed by atoms with E-state index < -0.39 is 0 Å².